The van der Waals surface area contributed by atoms with Gasteiger partial charge in [0.15, 0.2) is 0 Å². The SMILES string of the molecule is c1ccc(-c2ccccc2-c2c3cc4c(cc3c(-c3ccccc3-c3ccccc3)c3c5ccc6c7ccc8c9c(ccc(c%10ccc(c23)c5c%106)c97)-c2c(-c3ccccc3)ccc(-c3ccccc3)c2-8)c2cccc3cccc4c32)cc1. The molecule has 0 heterocycles. The summed E-state index contributed by atoms with van der Waals surface area (Å²) in [4.78, 5) is 0. The molecule has 0 atom stereocenters. The molecule has 0 fully saturated rings. The summed E-state index contributed by atoms with van der Waals surface area (Å²) in [6.45, 7) is 0. The predicted octanol–water partition coefficient (Wildman–Crippen LogP) is 23.2. The molecular weight excluding hydrogens is 985 g/mol. The standard InChI is InChI=1S/C82H46/c1-5-19-47(20-6-1)52-29-13-15-31-56(52)77-70-45-68-58-33-17-27-51-28-18-34-59(72(51)58)69(68)46-71(70)78(57-32-16-14-30-53(57)48-21-7-2-8-22-48)82-67-44-40-63-61-38-42-65-74-55(50-25-11-4-12-26-50)36-35-54(49-23-9-3-10-24-49)73(74)64-41-37-60(75(61)79(64)65)62-39-43-66(81(77)82)80(67)76(62)63/h1-46H. The van der Waals surface area contributed by atoms with Crippen LogP contribution >= 0.6 is 0 Å². The van der Waals surface area contributed by atoms with Crippen LogP contribution in [0, 0.1) is 0 Å². The molecule has 18 aromatic carbocycles. The molecule has 19 rings (SSSR count). The van der Waals surface area contributed by atoms with E-state index < -0.39 is 0 Å². The first-order valence-electron chi connectivity index (χ1n) is 28.7. The highest BCUT2D eigenvalue weighted by molar-refractivity contribution is 6.48. The van der Waals surface area contributed by atoms with Gasteiger partial charge in [0.05, 0.1) is 0 Å². The molecule has 0 bridgehead atoms. The second-order valence-corrected chi connectivity index (χ2v) is 22.8. The molecule has 0 nitrogen and oxygen atoms in total. The summed E-state index contributed by atoms with van der Waals surface area (Å²) in [7, 11) is 0. The van der Waals surface area contributed by atoms with E-state index in [9.17, 15) is 0 Å². The van der Waals surface area contributed by atoms with Crippen molar-refractivity contribution in [3.8, 4) is 89.0 Å². The third-order valence-corrected chi connectivity index (χ3v) is 18.8. The van der Waals surface area contributed by atoms with E-state index in [1.165, 1.54) is 197 Å². The van der Waals surface area contributed by atoms with Crippen molar-refractivity contribution in [3.05, 3.63) is 279 Å². The van der Waals surface area contributed by atoms with Gasteiger partial charge in [-0.3, -0.25) is 0 Å². The first kappa shape index (κ1) is 44.2. The van der Waals surface area contributed by atoms with E-state index in [4.69, 9.17) is 0 Å². The summed E-state index contributed by atoms with van der Waals surface area (Å²) < 4.78 is 0. The van der Waals surface area contributed by atoms with Crippen LogP contribution in [0.4, 0.5) is 0 Å². The number of hydrogen-bond acceptors (Lipinski definition) is 0. The fraction of sp³-hybridized carbons (Fsp3) is 0. The molecule has 1 aliphatic rings. The van der Waals surface area contributed by atoms with Crippen LogP contribution in [0.3, 0.4) is 0 Å². The first-order valence-corrected chi connectivity index (χ1v) is 28.7. The van der Waals surface area contributed by atoms with Gasteiger partial charge in [-0.2, -0.15) is 0 Å². The van der Waals surface area contributed by atoms with E-state index in [0.29, 0.717) is 0 Å². The maximum absolute atomic E-state index is 2.58. The zero-order valence-electron chi connectivity index (χ0n) is 44.6. The lowest BCUT2D eigenvalue weighted by Gasteiger charge is -2.21. The van der Waals surface area contributed by atoms with Crippen molar-refractivity contribution in [2.75, 3.05) is 0 Å². The Labute approximate surface area is 473 Å². The minimum Gasteiger partial charge on any atom is -0.0622 e. The van der Waals surface area contributed by atoms with Crippen LogP contribution in [0.25, 0.3) is 197 Å². The maximum Gasteiger partial charge on any atom is -0.000718 e. The van der Waals surface area contributed by atoms with Crippen LogP contribution in [-0.2, 0) is 0 Å². The van der Waals surface area contributed by atoms with Gasteiger partial charge in [0.1, 0.15) is 0 Å². The van der Waals surface area contributed by atoms with Gasteiger partial charge >= 0.3 is 0 Å². The van der Waals surface area contributed by atoms with Crippen LogP contribution in [-0.4, -0.2) is 0 Å². The number of rotatable bonds is 6. The summed E-state index contributed by atoms with van der Waals surface area (Å²) in [5, 5.41) is 26.1. The summed E-state index contributed by atoms with van der Waals surface area (Å²) in [6, 6.07) is 106. The van der Waals surface area contributed by atoms with Gasteiger partial charge in [-0.25, -0.2) is 0 Å². The van der Waals surface area contributed by atoms with Crippen molar-refractivity contribution in [3.63, 3.8) is 0 Å². The van der Waals surface area contributed by atoms with Crippen LogP contribution in [0.1, 0.15) is 0 Å². The van der Waals surface area contributed by atoms with Crippen LogP contribution in [0.15, 0.2) is 279 Å². The smallest absolute Gasteiger partial charge is 0.000718 e. The molecule has 374 valence electrons. The Hall–Kier alpha value is -10.7. The third-order valence-electron chi connectivity index (χ3n) is 18.8. The summed E-state index contributed by atoms with van der Waals surface area (Å²) in [5.74, 6) is 0. The van der Waals surface area contributed by atoms with Gasteiger partial charge in [-0.15, -0.1) is 0 Å². The Balaban J connectivity index is 0.999. The van der Waals surface area contributed by atoms with E-state index in [-0.39, 0.29) is 0 Å². The molecular formula is C82H46. The molecule has 0 aliphatic heterocycles. The zero-order chi connectivity index (χ0) is 53.3. The van der Waals surface area contributed by atoms with Crippen molar-refractivity contribution in [1.29, 1.82) is 0 Å². The maximum atomic E-state index is 2.58. The molecule has 0 heteroatoms. The van der Waals surface area contributed by atoms with Gasteiger partial charge in [0, 0.05) is 0 Å². The van der Waals surface area contributed by atoms with Gasteiger partial charge in [-0.1, -0.05) is 267 Å². The number of benzene rings is 16. The normalized spacial score (nSPS) is 12.4. The molecule has 0 radical (unpaired) electrons. The van der Waals surface area contributed by atoms with Crippen molar-refractivity contribution in [2.24, 2.45) is 0 Å². The van der Waals surface area contributed by atoms with Crippen molar-refractivity contribution in [2.45, 2.75) is 0 Å². The molecule has 0 spiro atoms. The van der Waals surface area contributed by atoms with E-state index in [2.05, 4.69) is 279 Å². The highest BCUT2D eigenvalue weighted by Crippen LogP contribution is 2.60. The highest BCUT2D eigenvalue weighted by Gasteiger charge is 2.32. The number of fused-ring (bicyclic) bond motifs is 12. The number of hydrogen-bond donors (Lipinski definition) is 0. The van der Waals surface area contributed by atoms with E-state index >= 15 is 0 Å². The van der Waals surface area contributed by atoms with Crippen molar-refractivity contribution >= 4 is 108 Å². The Morgan fingerprint density at radius 1 is 0.134 bits per heavy atom. The van der Waals surface area contributed by atoms with E-state index in [0.717, 1.165) is 0 Å². The lowest BCUT2D eigenvalue weighted by atomic mass is 9.82. The monoisotopic (exact) mass is 1030 g/mol. The van der Waals surface area contributed by atoms with Crippen LogP contribution in [0.5, 0.6) is 0 Å². The Kier molecular flexibility index (Phi) is 8.88. The molecule has 18 aromatic rings. The first-order chi connectivity index (χ1) is 40.7. The lowest BCUT2D eigenvalue weighted by molar-refractivity contribution is 1.59. The van der Waals surface area contributed by atoms with Gasteiger partial charge in [0.2, 0.25) is 0 Å². The molecule has 0 N–H and O–H groups in total. The molecule has 0 amide bonds. The Morgan fingerprint density at radius 2 is 0.451 bits per heavy atom. The minimum atomic E-state index is 1.21. The van der Waals surface area contributed by atoms with Crippen LogP contribution < -0.4 is 0 Å². The van der Waals surface area contributed by atoms with Crippen LogP contribution in [0.2, 0.25) is 0 Å². The molecule has 82 heavy (non-hydrogen) atoms. The lowest BCUT2D eigenvalue weighted by Crippen LogP contribution is -1.93. The molecule has 0 unspecified atom stereocenters. The largest absolute Gasteiger partial charge is 0.0622 e. The fourth-order valence-electron chi connectivity index (χ4n) is 15.6. The predicted molar refractivity (Wildman–Crippen MR) is 352 cm³/mol. The summed E-state index contributed by atoms with van der Waals surface area (Å²) >= 11 is 0. The molecule has 0 saturated carbocycles. The van der Waals surface area contributed by atoms with Crippen molar-refractivity contribution in [1.82, 2.24) is 0 Å². The second kappa shape index (κ2) is 16.5. The Bertz CT molecular complexity index is 5360. The van der Waals surface area contributed by atoms with Gasteiger partial charge in [-0.05, 0) is 209 Å². The summed E-state index contributed by atoms with van der Waals surface area (Å²) in [5.41, 5.74) is 20.2. The summed E-state index contributed by atoms with van der Waals surface area (Å²) in [6.07, 6.45) is 0. The molecule has 1 aliphatic carbocycles. The second-order valence-electron chi connectivity index (χ2n) is 22.8. The third kappa shape index (κ3) is 5.80. The molecule has 0 aromatic heterocycles. The molecule has 0 saturated heterocycles. The minimum absolute atomic E-state index is 1.21. The van der Waals surface area contributed by atoms with Crippen molar-refractivity contribution < 1.29 is 0 Å². The van der Waals surface area contributed by atoms with E-state index in [1.807, 2.05) is 0 Å². The van der Waals surface area contributed by atoms with Gasteiger partial charge < -0.3 is 0 Å². The Morgan fingerprint density at radius 3 is 0.878 bits per heavy atom. The average Bonchev–Trinajstić information content (AvgIpc) is 3.17. The fourth-order valence-corrected chi connectivity index (χ4v) is 15.6. The highest BCUT2D eigenvalue weighted by atomic mass is 14.3. The quantitative estimate of drug-likeness (QED) is 0.115. The average molecular weight is 1030 g/mol. The van der Waals surface area contributed by atoms with Gasteiger partial charge in [0.25, 0.3) is 0 Å². The van der Waals surface area contributed by atoms with E-state index in [1.54, 1.807) is 0 Å². The zero-order valence-corrected chi connectivity index (χ0v) is 44.6. The topological polar surface area (TPSA) is 0 Å².